The molecule has 116 valence electrons. The Balaban J connectivity index is 2.25. The van der Waals surface area contributed by atoms with Crippen LogP contribution in [-0.2, 0) is 4.74 Å². The van der Waals surface area contributed by atoms with Crippen molar-refractivity contribution in [2.75, 3.05) is 7.11 Å². The van der Waals surface area contributed by atoms with E-state index in [1.807, 2.05) is 18.2 Å². The van der Waals surface area contributed by atoms with E-state index in [-0.39, 0.29) is 28.2 Å². The number of non-ortho nitro benzene ring substituents is 1. The number of nitrogens with zero attached hydrogens (tertiary/aromatic N) is 2. The molecule has 0 spiro atoms. The molecular formula is C15H9IN2O5. The first-order chi connectivity index (χ1) is 11.0. The summed E-state index contributed by atoms with van der Waals surface area (Å²) in [6, 6.07) is 9.81. The zero-order chi connectivity index (χ0) is 16.6. The lowest BCUT2D eigenvalue weighted by atomic mass is 10.1. The van der Waals surface area contributed by atoms with Gasteiger partial charge in [-0.1, -0.05) is 6.07 Å². The van der Waals surface area contributed by atoms with Gasteiger partial charge in [0.2, 0.25) is 5.89 Å². The molecule has 3 aromatic rings. The Morgan fingerprint density at radius 3 is 2.78 bits per heavy atom. The van der Waals surface area contributed by atoms with Crippen molar-refractivity contribution in [3.05, 3.63) is 55.6 Å². The van der Waals surface area contributed by atoms with Crippen LogP contribution in [-0.4, -0.2) is 23.0 Å². The zero-order valence-electron chi connectivity index (χ0n) is 11.8. The van der Waals surface area contributed by atoms with Crippen LogP contribution < -0.4 is 0 Å². The number of nitro groups is 1. The van der Waals surface area contributed by atoms with Gasteiger partial charge in [0.1, 0.15) is 11.1 Å². The summed E-state index contributed by atoms with van der Waals surface area (Å²) in [6.07, 6.45) is 0. The van der Waals surface area contributed by atoms with Crippen LogP contribution in [0.2, 0.25) is 0 Å². The van der Waals surface area contributed by atoms with Crippen molar-refractivity contribution in [3.8, 4) is 11.5 Å². The minimum absolute atomic E-state index is 0.0268. The molecule has 0 aliphatic carbocycles. The van der Waals surface area contributed by atoms with E-state index in [0.29, 0.717) is 5.56 Å². The Labute approximate surface area is 143 Å². The van der Waals surface area contributed by atoms with Gasteiger partial charge in [0.25, 0.3) is 5.69 Å². The van der Waals surface area contributed by atoms with Crippen LogP contribution >= 0.6 is 22.6 Å². The molecule has 0 saturated heterocycles. The monoisotopic (exact) mass is 424 g/mol. The average molecular weight is 424 g/mol. The first-order valence-electron chi connectivity index (χ1n) is 6.43. The van der Waals surface area contributed by atoms with E-state index in [9.17, 15) is 14.9 Å². The Morgan fingerprint density at radius 1 is 1.35 bits per heavy atom. The quantitative estimate of drug-likeness (QED) is 0.275. The molecule has 0 N–H and O–H groups in total. The lowest BCUT2D eigenvalue weighted by Crippen LogP contribution is -2.02. The smallest absolute Gasteiger partial charge is 0.342 e. The maximum atomic E-state index is 11.9. The first kappa shape index (κ1) is 15.4. The summed E-state index contributed by atoms with van der Waals surface area (Å²) in [6.45, 7) is 0. The number of carbonyl (C=O) groups excluding carboxylic acids is 1. The van der Waals surface area contributed by atoms with Gasteiger partial charge in [-0.2, -0.15) is 0 Å². The summed E-state index contributed by atoms with van der Waals surface area (Å²) in [4.78, 5) is 26.6. The summed E-state index contributed by atoms with van der Waals surface area (Å²) in [7, 11) is 1.20. The number of aromatic nitrogens is 1. The number of carbonyl (C=O) groups is 1. The van der Waals surface area contributed by atoms with Crippen molar-refractivity contribution in [3.63, 3.8) is 0 Å². The normalized spacial score (nSPS) is 10.7. The molecule has 8 heteroatoms. The Morgan fingerprint density at radius 2 is 2.13 bits per heavy atom. The minimum atomic E-state index is -0.718. The number of fused-ring (bicyclic) bond motifs is 1. The molecule has 0 amide bonds. The molecule has 2 aromatic carbocycles. The number of methoxy groups -OCH3 is 1. The minimum Gasteiger partial charge on any atom is -0.465 e. The Kier molecular flexibility index (Phi) is 3.99. The highest BCUT2D eigenvalue weighted by molar-refractivity contribution is 14.1. The van der Waals surface area contributed by atoms with Crippen LogP contribution in [0.3, 0.4) is 0 Å². The molecule has 1 heterocycles. The summed E-state index contributed by atoms with van der Waals surface area (Å²) in [5, 5.41) is 11.0. The van der Waals surface area contributed by atoms with Crippen molar-refractivity contribution in [1.29, 1.82) is 0 Å². The number of oxazole rings is 1. The van der Waals surface area contributed by atoms with Crippen molar-refractivity contribution in [1.82, 2.24) is 4.98 Å². The second-order valence-electron chi connectivity index (χ2n) is 4.62. The highest BCUT2D eigenvalue weighted by Gasteiger charge is 2.22. The molecule has 7 nitrogen and oxygen atoms in total. The second kappa shape index (κ2) is 5.95. The molecule has 0 bridgehead atoms. The first-order valence-corrected chi connectivity index (χ1v) is 7.50. The molecule has 0 fully saturated rings. The molecule has 1 aromatic heterocycles. The van der Waals surface area contributed by atoms with E-state index in [1.54, 1.807) is 6.07 Å². The Bertz CT molecular complexity index is 935. The molecule has 0 saturated carbocycles. The number of benzene rings is 2. The number of esters is 1. The van der Waals surface area contributed by atoms with E-state index in [0.717, 1.165) is 9.64 Å². The molecular weight excluding hydrogens is 415 g/mol. The topological polar surface area (TPSA) is 95.5 Å². The predicted molar refractivity (Wildman–Crippen MR) is 90.2 cm³/mol. The van der Waals surface area contributed by atoms with Gasteiger partial charge >= 0.3 is 5.97 Å². The zero-order valence-corrected chi connectivity index (χ0v) is 13.9. The molecule has 0 aliphatic rings. The lowest BCUT2D eigenvalue weighted by Gasteiger charge is -1.99. The number of hydrogen-bond acceptors (Lipinski definition) is 6. The standard InChI is InChI=1S/C15H9IN2O5/c1-22-15(19)11-6-10(18(20)21)7-12-13(11)23-14(17-12)8-3-2-4-9(16)5-8/h2-7H,1H3. The van der Waals surface area contributed by atoms with E-state index >= 15 is 0 Å². The summed E-state index contributed by atoms with van der Waals surface area (Å²) in [5.74, 6) is -0.437. The third kappa shape index (κ3) is 2.89. The molecule has 3 rings (SSSR count). The van der Waals surface area contributed by atoms with Crippen LogP contribution in [0.15, 0.2) is 40.8 Å². The number of rotatable bonds is 3. The van der Waals surface area contributed by atoms with Crippen LogP contribution in [0.1, 0.15) is 10.4 Å². The highest BCUT2D eigenvalue weighted by atomic mass is 127. The van der Waals surface area contributed by atoms with Gasteiger partial charge in [-0.25, -0.2) is 9.78 Å². The van der Waals surface area contributed by atoms with Crippen molar-refractivity contribution >= 4 is 45.3 Å². The fourth-order valence-electron chi connectivity index (χ4n) is 2.13. The molecule has 0 aliphatic heterocycles. The van der Waals surface area contributed by atoms with Gasteiger partial charge in [-0.3, -0.25) is 10.1 Å². The van der Waals surface area contributed by atoms with Gasteiger partial charge in [0, 0.05) is 21.3 Å². The number of ether oxygens (including phenoxy) is 1. The van der Waals surface area contributed by atoms with E-state index in [1.165, 1.54) is 13.2 Å². The molecule has 0 unspecified atom stereocenters. The van der Waals surface area contributed by atoms with Gasteiger partial charge < -0.3 is 9.15 Å². The number of hydrogen-bond donors (Lipinski definition) is 0. The van der Waals surface area contributed by atoms with Gasteiger partial charge in [-0.15, -0.1) is 0 Å². The van der Waals surface area contributed by atoms with E-state index in [2.05, 4.69) is 32.3 Å². The third-order valence-electron chi connectivity index (χ3n) is 3.16. The van der Waals surface area contributed by atoms with E-state index in [4.69, 9.17) is 4.42 Å². The second-order valence-corrected chi connectivity index (χ2v) is 5.87. The van der Waals surface area contributed by atoms with Crippen LogP contribution in [0.4, 0.5) is 5.69 Å². The van der Waals surface area contributed by atoms with Crippen molar-refractivity contribution in [2.45, 2.75) is 0 Å². The SMILES string of the molecule is COC(=O)c1cc([N+](=O)[O-])cc2nc(-c3cccc(I)c3)oc12. The van der Waals surface area contributed by atoms with Crippen LogP contribution in [0.25, 0.3) is 22.6 Å². The van der Waals surface area contributed by atoms with Crippen molar-refractivity contribution in [2.24, 2.45) is 0 Å². The maximum absolute atomic E-state index is 11.9. The molecule has 23 heavy (non-hydrogen) atoms. The average Bonchev–Trinajstić information content (AvgIpc) is 2.97. The van der Waals surface area contributed by atoms with Gasteiger partial charge in [0.15, 0.2) is 5.58 Å². The number of halogens is 1. The van der Waals surface area contributed by atoms with Gasteiger partial charge in [-0.05, 0) is 40.8 Å². The lowest BCUT2D eigenvalue weighted by molar-refractivity contribution is -0.384. The molecule has 0 atom stereocenters. The predicted octanol–water partition coefficient (Wildman–Crippen LogP) is 3.79. The highest BCUT2D eigenvalue weighted by Crippen LogP contribution is 2.31. The fourth-order valence-corrected chi connectivity index (χ4v) is 2.67. The number of nitro benzene ring substituents is 1. The van der Waals surface area contributed by atoms with Crippen LogP contribution in [0.5, 0.6) is 0 Å². The van der Waals surface area contributed by atoms with Crippen LogP contribution in [0, 0.1) is 13.7 Å². The fraction of sp³-hybridized carbons (Fsp3) is 0.0667. The molecule has 0 radical (unpaired) electrons. The van der Waals surface area contributed by atoms with Crippen molar-refractivity contribution < 1.29 is 18.9 Å². The summed E-state index contributed by atoms with van der Waals surface area (Å²) >= 11 is 2.16. The largest absolute Gasteiger partial charge is 0.465 e. The Hall–Kier alpha value is -2.49. The van der Waals surface area contributed by atoms with Gasteiger partial charge in [0.05, 0.1) is 12.0 Å². The third-order valence-corrected chi connectivity index (χ3v) is 3.83. The maximum Gasteiger partial charge on any atom is 0.342 e. The van der Waals surface area contributed by atoms with E-state index < -0.39 is 10.9 Å². The summed E-state index contributed by atoms with van der Waals surface area (Å²) < 4.78 is 11.3. The summed E-state index contributed by atoms with van der Waals surface area (Å²) in [5.41, 5.74) is 0.831.